The maximum atomic E-state index is 12.3. The fraction of sp³-hybridized carbons (Fsp3) is 0.739. The number of aliphatic hydroxyl groups is 2. The minimum atomic E-state index is -0.932. The molecule has 1 fully saturated rings. The average molecular weight is 395 g/mol. The van der Waals surface area contributed by atoms with Crippen LogP contribution in [0.2, 0.25) is 0 Å². The number of unbranched alkanes of at least 4 members (excludes halogenated alkanes) is 5. The molecule has 160 valence electrons. The number of ketones is 1. The van der Waals surface area contributed by atoms with Gasteiger partial charge in [-0.15, -0.1) is 6.58 Å². The van der Waals surface area contributed by atoms with Crippen LogP contribution in [-0.2, 0) is 9.59 Å². The van der Waals surface area contributed by atoms with Gasteiger partial charge in [-0.05, 0) is 25.7 Å². The van der Waals surface area contributed by atoms with Crippen LogP contribution in [0, 0.1) is 11.8 Å². The molecule has 3 N–H and O–H groups in total. The van der Waals surface area contributed by atoms with Gasteiger partial charge in [-0.2, -0.15) is 0 Å². The Morgan fingerprint density at radius 2 is 1.93 bits per heavy atom. The molecule has 0 bridgehead atoms. The van der Waals surface area contributed by atoms with Crippen molar-refractivity contribution in [2.24, 2.45) is 11.8 Å². The number of rotatable bonds is 15. The van der Waals surface area contributed by atoms with Crippen LogP contribution in [0.4, 0.5) is 0 Å². The van der Waals surface area contributed by atoms with Gasteiger partial charge in [-0.3, -0.25) is 9.59 Å². The molecule has 1 aliphatic carbocycles. The molecule has 28 heavy (non-hydrogen) atoms. The van der Waals surface area contributed by atoms with Crippen molar-refractivity contribution in [3.63, 3.8) is 0 Å². The first-order chi connectivity index (χ1) is 13.3. The number of carbonyl (C=O) groups excluding carboxylic acids is 1. The average Bonchev–Trinajstić information content (AvgIpc) is 2.91. The Bertz CT molecular complexity index is 527. The Morgan fingerprint density at radius 3 is 2.57 bits per heavy atom. The Kier molecular flexibility index (Phi) is 11.3. The predicted molar refractivity (Wildman–Crippen MR) is 111 cm³/mol. The Balaban J connectivity index is 2.51. The van der Waals surface area contributed by atoms with E-state index in [2.05, 4.69) is 13.5 Å². The number of carbonyl (C=O) groups is 2. The smallest absolute Gasteiger partial charge is 0.303 e. The zero-order valence-corrected chi connectivity index (χ0v) is 17.3. The van der Waals surface area contributed by atoms with E-state index in [-0.39, 0.29) is 30.5 Å². The van der Waals surface area contributed by atoms with Crippen LogP contribution in [0.1, 0.15) is 84.0 Å². The summed E-state index contributed by atoms with van der Waals surface area (Å²) in [6.45, 7) is 5.88. The van der Waals surface area contributed by atoms with Crippen LogP contribution in [0.15, 0.2) is 24.8 Å². The molecule has 0 unspecified atom stereocenters. The fourth-order valence-electron chi connectivity index (χ4n) is 3.98. The lowest BCUT2D eigenvalue weighted by Crippen LogP contribution is -2.25. The number of carboxylic acid groups (broad SMARTS) is 1. The number of aliphatic hydroxyl groups excluding tert-OH is 1. The molecule has 0 aromatic heterocycles. The highest BCUT2D eigenvalue weighted by atomic mass is 16.4. The van der Waals surface area contributed by atoms with E-state index in [4.69, 9.17) is 5.11 Å². The zero-order valence-electron chi connectivity index (χ0n) is 17.3. The van der Waals surface area contributed by atoms with E-state index >= 15 is 0 Å². The van der Waals surface area contributed by atoms with Crippen molar-refractivity contribution in [1.29, 1.82) is 0 Å². The van der Waals surface area contributed by atoms with Gasteiger partial charge >= 0.3 is 5.97 Å². The maximum absolute atomic E-state index is 12.3. The largest absolute Gasteiger partial charge is 0.481 e. The Hall–Kier alpha value is -1.46. The second kappa shape index (κ2) is 12.9. The standard InChI is InChI=1S/C23H38O5/c1-3-5-10-15-23(28,4-2)16-11-13-19-18(20(24)17-21(19)25)12-8-6-7-9-14-22(26)27/h4,11,13,18-19,21,25,28H,2-3,5-10,12,14-17H2,1H3,(H,26,27)/t18-,19-,21-,23+/m1/s1. The minimum Gasteiger partial charge on any atom is -0.481 e. The lowest BCUT2D eigenvalue weighted by atomic mass is 9.87. The van der Waals surface area contributed by atoms with Crippen LogP contribution in [0.3, 0.4) is 0 Å². The van der Waals surface area contributed by atoms with Gasteiger partial charge in [0.05, 0.1) is 11.7 Å². The molecule has 0 heterocycles. The van der Waals surface area contributed by atoms with Crippen LogP contribution >= 0.6 is 0 Å². The molecule has 0 aromatic rings. The lowest BCUT2D eigenvalue weighted by Gasteiger charge is -2.23. The van der Waals surface area contributed by atoms with Crippen LogP contribution in [-0.4, -0.2) is 38.8 Å². The summed E-state index contributed by atoms with van der Waals surface area (Å²) in [5, 5.41) is 29.6. The number of aliphatic carboxylic acids is 1. The SMILES string of the molecule is C=C[C@@](O)(CC=C[C@H]1[C@H](O)CC(=O)[C@@H]1CCCCCCC(=O)O)CCCCC. The van der Waals surface area contributed by atoms with Crippen LogP contribution < -0.4 is 0 Å². The first kappa shape index (κ1) is 24.6. The quantitative estimate of drug-likeness (QED) is 0.282. The van der Waals surface area contributed by atoms with E-state index in [0.717, 1.165) is 44.9 Å². The van der Waals surface area contributed by atoms with Crippen molar-refractivity contribution in [2.75, 3.05) is 0 Å². The summed E-state index contributed by atoms with van der Waals surface area (Å²) in [6.07, 6.45) is 13.3. The zero-order chi connectivity index (χ0) is 21.0. The number of hydrogen-bond acceptors (Lipinski definition) is 4. The second-order valence-corrected chi connectivity index (χ2v) is 8.17. The molecule has 4 atom stereocenters. The highest BCUT2D eigenvalue weighted by Gasteiger charge is 2.39. The summed E-state index contributed by atoms with van der Waals surface area (Å²) in [5.74, 6) is -1.04. The summed E-state index contributed by atoms with van der Waals surface area (Å²) in [5.41, 5.74) is -0.932. The predicted octanol–water partition coefficient (Wildman–Crippen LogP) is 4.42. The molecule has 5 nitrogen and oxygen atoms in total. The molecule has 0 radical (unpaired) electrons. The third-order valence-electron chi connectivity index (χ3n) is 5.81. The number of hydrogen-bond donors (Lipinski definition) is 3. The van der Waals surface area contributed by atoms with Crippen LogP contribution in [0.25, 0.3) is 0 Å². The molecule has 0 spiro atoms. The Morgan fingerprint density at radius 1 is 1.21 bits per heavy atom. The van der Waals surface area contributed by atoms with E-state index in [9.17, 15) is 19.8 Å². The van der Waals surface area contributed by atoms with Crippen molar-refractivity contribution in [3.8, 4) is 0 Å². The van der Waals surface area contributed by atoms with Crippen molar-refractivity contribution >= 4 is 11.8 Å². The van der Waals surface area contributed by atoms with Gasteiger partial charge in [0.15, 0.2) is 0 Å². The first-order valence-corrected chi connectivity index (χ1v) is 10.8. The first-order valence-electron chi connectivity index (χ1n) is 10.8. The third kappa shape index (κ3) is 8.70. The monoisotopic (exact) mass is 394 g/mol. The van der Waals surface area contributed by atoms with E-state index in [1.54, 1.807) is 6.08 Å². The highest BCUT2D eigenvalue weighted by Crippen LogP contribution is 2.35. The van der Waals surface area contributed by atoms with Crippen LogP contribution in [0.5, 0.6) is 0 Å². The van der Waals surface area contributed by atoms with E-state index in [1.165, 1.54) is 0 Å². The van der Waals surface area contributed by atoms with Gasteiger partial charge < -0.3 is 15.3 Å². The molecule has 0 aliphatic heterocycles. The van der Waals surface area contributed by atoms with Gasteiger partial charge in [0, 0.05) is 24.7 Å². The fourth-order valence-corrected chi connectivity index (χ4v) is 3.98. The third-order valence-corrected chi connectivity index (χ3v) is 5.81. The molecule has 0 amide bonds. The lowest BCUT2D eigenvalue weighted by molar-refractivity contribution is -0.137. The maximum Gasteiger partial charge on any atom is 0.303 e. The Labute approximate surface area is 169 Å². The normalized spacial score (nSPS) is 24.5. The van der Waals surface area contributed by atoms with Crippen molar-refractivity contribution in [3.05, 3.63) is 24.8 Å². The molecule has 1 rings (SSSR count). The van der Waals surface area contributed by atoms with E-state index in [1.807, 2.05) is 12.2 Å². The molecular formula is C23H38O5. The van der Waals surface area contributed by atoms with E-state index < -0.39 is 17.7 Å². The van der Waals surface area contributed by atoms with E-state index in [0.29, 0.717) is 19.3 Å². The van der Waals surface area contributed by atoms with Crippen molar-refractivity contribution in [2.45, 2.75) is 95.7 Å². The summed E-state index contributed by atoms with van der Waals surface area (Å²) in [6, 6.07) is 0. The van der Waals surface area contributed by atoms with Gasteiger partial charge in [0.1, 0.15) is 5.78 Å². The summed E-state index contributed by atoms with van der Waals surface area (Å²) >= 11 is 0. The van der Waals surface area contributed by atoms with Gasteiger partial charge in [-0.25, -0.2) is 0 Å². The minimum absolute atomic E-state index is 0.106. The molecule has 0 aromatic carbocycles. The molecular weight excluding hydrogens is 356 g/mol. The molecule has 0 saturated heterocycles. The topological polar surface area (TPSA) is 94.8 Å². The van der Waals surface area contributed by atoms with Gasteiger partial charge in [0.2, 0.25) is 0 Å². The van der Waals surface area contributed by atoms with Crippen molar-refractivity contribution in [1.82, 2.24) is 0 Å². The summed E-state index contributed by atoms with van der Waals surface area (Å²) < 4.78 is 0. The highest BCUT2D eigenvalue weighted by molar-refractivity contribution is 5.84. The molecule has 1 aliphatic rings. The summed E-state index contributed by atoms with van der Waals surface area (Å²) in [7, 11) is 0. The number of carboxylic acids is 1. The van der Waals surface area contributed by atoms with Crippen molar-refractivity contribution < 1.29 is 24.9 Å². The molecule has 5 heteroatoms. The van der Waals surface area contributed by atoms with Gasteiger partial charge in [-0.1, -0.05) is 63.7 Å². The molecule has 1 saturated carbocycles. The summed E-state index contributed by atoms with van der Waals surface area (Å²) in [4.78, 5) is 22.8. The second-order valence-electron chi connectivity index (χ2n) is 8.17. The van der Waals surface area contributed by atoms with Gasteiger partial charge in [0.25, 0.3) is 0 Å². The number of Topliss-reactive ketones (excluding diaryl/α,β-unsaturated/α-hetero) is 1.